The van der Waals surface area contributed by atoms with Gasteiger partial charge in [0.05, 0.1) is 29.6 Å². The van der Waals surface area contributed by atoms with Crippen LogP contribution in [0.5, 0.6) is 0 Å². The quantitative estimate of drug-likeness (QED) is 0.340. The van der Waals surface area contributed by atoms with E-state index in [4.69, 9.17) is 44.6 Å². The van der Waals surface area contributed by atoms with Gasteiger partial charge in [0.1, 0.15) is 5.56 Å². The first kappa shape index (κ1) is 24.3. The van der Waals surface area contributed by atoms with Crippen LogP contribution >= 0.6 is 34.8 Å². The molecule has 0 aliphatic carbocycles. The molecule has 0 spiro atoms. The van der Waals surface area contributed by atoms with E-state index in [2.05, 4.69) is 5.32 Å². The van der Waals surface area contributed by atoms with Crippen molar-refractivity contribution in [1.82, 2.24) is 19.7 Å². The van der Waals surface area contributed by atoms with Crippen LogP contribution in [-0.4, -0.2) is 40.5 Å². The number of nitrogens with one attached hydrogen (secondary N) is 1. The Morgan fingerprint density at radius 1 is 1.06 bits per heavy atom. The number of ether oxygens (including phenoxy) is 1. The van der Waals surface area contributed by atoms with Crippen LogP contribution in [0, 0.1) is 0 Å². The monoisotopic (exact) mass is 518 g/mol. The molecule has 0 radical (unpaired) electrons. The Bertz CT molecular complexity index is 1430. The zero-order valence-corrected chi connectivity index (χ0v) is 20.7. The summed E-state index contributed by atoms with van der Waals surface area (Å²) in [5.74, 6) is -0.489. The molecule has 34 heavy (non-hydrogen) atoms. The van der Waals surface area contributed by atoms with E-state index < -0.39 is 11.5 Å². The zero-order chi connectivity index (χ0) is 24.4. The van der Waals surface area contributed by atoms with Crippen molar-refractivity contribution >= 4 is 51.7 Å². The molecule has 0 aliphatic rings. The number of benzene rings is 2. The van der Waals surface area contributed by atoms with Crippen molar-refractivity contribution in [2.75, 3.05) is 20.3 Å². The highest BCUT2D eigenvalue weighted by Gasteiger charge is 2.23. The van der Waals surface area contributed by atoms with E-state index in [-0.39, 0.29) is 18.7 Å². The van der Waals surface area contributed by atoms with E-state index in [1.54, 1.807) is 41.1 Å². The molecule has 0 unspecified atom stereocenters. The predicted molar refractivity (Wildman–Crippen MR) is 136 cm³/mol. The smallest absolute Gasteiger partial charge is 0.265 e. The molecule has 0 atom stereocenters. The Kier molecular flexibility index (Phi) is 7.28. The van der Waals surface area contributed by atoms with Crippen LogP contribution in [0.25, 0.3) is 28.0 Å². The zero-order valence-electron chi connectivity index (χ0n) is 18.4. The minimum Gasteiger partial charge on any atom is -0.380 e. The summed E-state index contributed by atoms with van der Waals surface area (Å²) >= 11 is 18.8. The van der Waals surface area contributed by atoms with Gasteiger partial charge in [-0.25, -0.2) is 4.68 Å². The minimum atomic E-state index is -0.489. The molecule has 0 fully saturated rings. The van der Waals surface area contributed by atoms with Crippen molar-refractivity contribution < 1.29 is 9.53 Å². The van der Waals surface area contributed by atoms with E-state index in [9.17, 15) is 9.59 Å². The van der Waals surface area contributed by atoms with Gasteiger partial charge in [-0.05, 0) is 43.3 Å². The normalized spacial score (nSPS) is 11.2. The van der Waals surface area contributed by atoms with Crippen molar-refractivity contribution in [3.8, 4) is 16.9 Å². The molecule has 2 heterocycles. The summed E-state index contributed by atoms with van der Waals surface area (Å²) in [6.07, 6.45) is 0. The van der Waals surface area contributed by atoms with E-state index in [0.717, 1.165) is 5.56 Å². The summed E-state index contributed by atoms with van der Waals surface area (Å²) in [5.41, 5.74) is 1.93. The van der Waals surface area contributed by atoms with Gasteiger partial charge in [0.25, 0.3) is 11.5 Å². The van der Waals surface area contributed by atoms with E-state index >= 15 is 0 Å². The number of pyridine rings is 1. The highest BCUT2D eigenvalue weighted by Crippen LogP contribution is 2.34. The largest absolute Gasteiger partial charge is 0.380 e. The molecule has 2 aromatic carbocycles. The summed E-state index contributed by atoms with van der Waals surface area (Å²) in [7, 11) is 1.48. The Labute approximate surface area is 210 Å². The summed E-state index contributed by atoms with van der Waals surface area (Å²) in [6, 6.07) is 13.8. The lowest BCUT2D eigenvalue weighted by atomic mass is 10.1. The van der Waals surface area contributed by atoms with Crippen LogP contribution in [0.3, 0.4) is 0 Å². The Morgan fingerprint density at radius 2 is 1.76 bits per heavy atom. The highest BCUT2D eigenvalue weighted by molar-refractivity contribution is 6.35. The van der Waals surface area contributed by atoms with Crippen LogP contribution in [0.1, 0.15) is 17.3 Å². The Balaban J connectivity index is 2.11. The SMILES string of the molecule is CCOCCn1c(=O)c(C(=O)NC)cc2c(-c3ccc(Cl)cc3)n(-c3ccc(Cl)cc3Cl)nc21. The van der Waals surface area contributed by atoms with Gasteiger partial charge in [0, 0.05) is 34.6 Å². The fourth-order valence-corrected chi connectivity index (χ4v) is 4.33. The Hall–Kier alpha value is -2.84. The van der Waals surface area contributed by atoms with Crippen molar-refractivity contribution in [1.29, 1.82) is 0 Å². The molecule has 4 rings (SSSR count). The van der Waals surface area contributed by atoms with Crippen LogP contribution in [0.15, 0.2) is 53.3 Å². The summed E-state index contributed by atoms with van der Waals surface area (Å²) in [4.78, 5) is 25.8. The highest BCUT2D eigenvalue weighted by atomic mass is 35.5. The fraction of sp³-hybridized carbons (Fsp3) is 0.208. The number of carbonyl (C=O) groups excluding carboxylic acids is 1. The van der Waals surface area contributed by atoms with Crippen molar-refractivity contribution in [2.45, 2.75) is 13.5 Å². The second-order valence-corrected chi connectivity index (χ2v) is 8.67. The van der Waals surface area contributed by atoms with Crippen LogP contribution in [-0.2, 0) is 11.3 Å². The van der Waals surface area contributed by atoms with Gasteiger partial charge in [-0.2, -0.15) is 0 Å². The van der Waals surface area contributed by atoms with Crippen LogP contribution in [0.2, 0.25) is 15.1 Å². The van der Waals surface area contributed by atoms with Crippen molar-refractivity contribution in [3.05, 3.63) is 79.5 Å². The molecular weight excluding hydrogens is 499 g/mol. The molecule has 0 aliphatic heterocycles. The maximum absolute atomic E-state index is 13.3. The first-order chi connectivity index (χ1) is 16.3. The Morgan fingerprint density at radius 3 is 2.41 bits per heavy atom. The molecule has 0 bridgehead atoms. The molecule has 4 aromatic rings. The first-order valence-electron chi connectivity index (χ1n) is 10.5. The maximum Gasteiger partial charge on any atom is 0.265 e. The second-order valence-electron chi connectivity index (χ2n) is 7.39. The van der Waals surface area contributed by atoms with E-state index in [1.807, 2.05) is 19.1 Å². The number of hydrogen-bond donors (Lipinski definition) is 1. The van der Waals surface area contributed by atoms with Gasteiger partial charge >= 0.3 is 0 Å². The number of amides is 1. The molecule has 1 amide bonds. The topological polar surface area (TPSA) is 78.1 Å². The third kappa shape index (κ3) is 4.57. The van der Waals surface area contributed by atoms with Gasteiger partial charge in [0.15, 0.2) is 5.65 Å². The lowest BCUT2D eigenvalue weighted by Crippen LogP contribution is -2.32. The average molecular weight is 520 g/mol. The van der Waals surface area contributed by atoms with Gasteiger partial charge < -0.3 is 10.1 Å². The van der Waals surface area contributed by atoms with Crippen molar-refractivity contribution in [3.63, 3.8) is 0 Å². The minimum absolute atomic E-state index is 0.00321. The number of fused-ring (bicyclic) bond motifs is 1. The van der Waals surface area contributed by atoms with Gasteiger partial charge in [-0.1, -0.05) is 46.9 Å². The lowest BCUT2D eigenvalue weighted by molar-refractivity contribution is 0.0960. The molecule has 0 saturated carbocycles. The van der Waals surface area contributed by atoms with Crippen LogP contribution < -0.4 is 10.9 Å². The average Bonchev–Trinajstić information content (AvgIpc) is 3.19. The number of nitrogens with zero attached hydrogens (tertiary/aromatic N) is 3. The van der Waals surface area contributed by atoms with Gasteiger partial charge in [-0.3, -0.25) is 14.2 Å². The molecule has 0 saturated heterocycles. The van der Waals surface area contributed by atoms with Crippen molar-refractivity contribution in [2.24, 2.45) is 0 Å². The summed E-state index contributed by atoms with van der Waals surface area (Å²) in [5, 5.41) is 9.34. The number of aromatic nitrogens is 3. The fourth-order valence-electron chi connectivity index (χ4n) is 3.72. The molecule has 10 heteroatoms. The number of halogens is 3. The lowest BCUT2D eigenvalue weighted by Gasteiger charge is -2.11. The number of carbonyl (C=O) groups is 1. The summed E-state index contributed by atoms with van der Waals surface area (Å²) in [6.45, 7) is 2.88. The third-order valence-electron chi connectivity index (χ3n) is 5.31. The molecule has 1 N–H and O–H groups in total. The molecule has 2 aromatic heterocycles. The van der Waals surface area contributed by atoms with Gasteiger partial charge in [-0.15, -0.1) is 5.10 Å². The number of hydrogen-bond acceptors (Lipinski definition) is 4. The molecular formula is C24H21Cl3N4O3. The summed E-state index contributed by atoms with van der Waals surface area (Å²) < 4.78 is 8.58. The molecule has 7 nitrogen and oxygen atoms in total. The van der Waals surface area contributed by atoms with E-state index in [0.29, 0.717) is 44.1 Å². The van der Waals surface area contributed by atoms with Gasteiger partial charge in [0.2, 0.25) is 0 Å². The maximum atomic E-state index is 13.3. The standard InChI is InChI=1S/C24H21Cl3N4O3/c1-3-34-11-10-30-22-17(13-18(24(30)33)23(32)28-2)21(14-4-6-15(25)7-5-14)31(29-22)20-9-8-16(26)12-19(20)27/h4-9,12-13H,3,10-11H2,1-2H3,(H,28,32). The predicted octanol–water partition coefficient (Wildman–Crippen LogP) is 5.21. The third-order valence-corrected chi connectivity index (χ3v) is 6.10. The molecule has 176 valence electrons. The second kappa shape index (κ2) is 10.2. The van der Waals surface area contributed by atoms with Crippen LogP contribution in [0.4, 0.5) is 0 Å². The van der Waals surface area contributed by atoms with E-state index in [1.165, 1.54) is 11.6 Å². The number of rotatable bonds is 7. The first-order valence-corrected chi connectivity index (χ1v) is 11.7.